The van der Waals surface area contributed by atoms with Gasteiger partial charge in [0.1, 0.15) is 5.76 Å². The van der Waals surface area contributed by atoms with Crippen LogP contribution in [0.3, 0.4) is 0 Å². The molecule has 0 aliphatic heterocycles. The smallest absolute Gasteiger partial charge is 0.227 e. The highest BCUT2D eigenvalue weighted by atomic mass is 16.3. The first-order valence-electron chi connectivity index (χ1n) is 10.3. The molecule has 3 rings (SSSR count). The van der Waals surface area contributed by atoms with Crippen molar-refractivity contribution in [2.24, 2.45) is 11.8 Å². The molecule has 5 heteroatoms. The normalized spacial score (nSPS) is 19.2. The average Bonchev–Trinajstić information content (AvgIpc) is 3.26. The third-order valence-electron chi connectivity index (χ3n) is 5.73. The average molecular weight is 383 g/mol. The highest BCUT2D eigenvalue weighted by Gasteiger charge is 2.30. The molecule has 0 bridgehead atoms. The monoisotopic (exact) mass is 382 g/mol. The summed E-state index contributed by atoms with van der Waals surface area (Å²) in [5.74, 6) is 0.851. The molecule has 2 aromatic rings. The highest BCUT2D eigenvalue weighted by molar-refractivity contribution is 5.94. The van der Waals surface area contributed by atoms with Crippen molar-refractivity contribution in [3.05, 3.63) is 53.5 Å². The fourth-order valence-corrected chi connectivity index (χ4v) is 3.98. The van der Waals surface area contributed by atoms with Gasteiger partial charge in [-0.25, -0.2) is 0 Å². The van der Waals surface area contributed by atoms with Crippen molar-refractivity contribution in [2.75, 3.05) is 5.32 Å². The number of aryl methyl sites for hydroxylation is 2. The molecule has 1 aliphatic rings. The summed E-state index contributed by atoms with van der Waals surface area (Å²) in [5.41, 5.74) is 3.34. The Kier molecular flexibility index (Phi) is 6.90. The van der Waals surface area contributed by atoms with Crippen molar-refractivity contribution in [3.63, 3.8) is 0 Å². The summed E-state index contributed by atoms with van der Waals surface area (Å²) in [7, 11) is 0. The van der Waals surface area contributed by atoms with Crippen LogP contribution < -0.4 is 10.6 Å². The first-order valence-corrected chi connectivity index (χ1v) is 10.3. The molecule has 1 aromatic heterocycles. The second-order valence-electron chi connectivity index (χ2n) is 7.49. The van der Waals surface area contributed by atoms with Gasteiger partial charge in [-0.15, -0.1) is 0 Å². The number of rotatable bonds is 7. The summed E-state index contributed by atoms with van der Waals surface area (Å²) in [6.45, 7) is 4.63. The second-order valence-corrected chi connectivity index (χ2v) is 7.49. The molecule has 0 unspecified atom stereocenters. The van der Waals surface area contributed by atoms with Gasteiger partial charge in [-0.1, -0.05) is 32.0 Å². The van der Waals surface area contributed by atoms with Gasteiger partial charge in [-0.3, -0.25) is 9.59 Å². The van der Waals surface area contributed by atoms with E-state index in [4.69, 9.17) is 4.42 Å². The minimum Gasteiger partial charge on any atom is -0.467 e. The Bertz CT molecular complexity index is 768. The number of amides is 2. The molecule has 2 amide bonds. The largest absolute Gasteiger partial charge is 0.467 e. The number of hydrogen-bond acceptors (Lipinski definition) is 3. The number of benzene rings is 1. The number of furan rings is 1. The summed E-state index contributed by atoms with van der Waals surface area (Å²) in [4.78, 5) is 25.2. The fourth-order valence-electron chi connectivity index (χ4n) is 3.98. The van der Waals surface area contributed by atoms with Gasteiger partial charge in [0, 0.05) is 17.5 Å². The first kappa shape index (κ1) is 20.2. The van der Waals surface area contributed by atoms with Crippen molar-refractivity contribution >= 4 is 17.5 Å². The Morgan fingerprint density at radius 1 is 0.929 bits per heavy atom. The molecule has 0 saturated heterocycles. The van der Waals surface area contributed by atoms with E-state index in [1.165, 1.54) is 11.1 Å². The quantitative estimate of drug-likeness (QED) is 0.742. The van der Waals surface area contributed by atoms with Crippen LogP contribution in [-0.4, -0.2) is 11.8 Å². The van der Waals surface area contributed by atoms with E-state index in [9.17, 15) is 9.59 Å². The Hall–Kier alpha value is -2.56. The second kappa shape index (κ2) is 9.58. The van der Waals surface area contributed by atoms with Gasteiger partial charge in [0.25, 0.3) is 0 Å². The van der Waals surface area contributed by atoms with Crippen LogP contribution in [-0.2, 0) is 29.0 Å². The van der Waals surface area contributed by atoms with Crippen LogP contribution in [0.4, 0.5) is 5.69 Å². The number of carbonyl (C=O) groups excluding carboxylic acids is 2. The van der Waals surface area contributed by atoms with E-state index >= 15 is 0 Å². The summed E-state index contributed by atoms with van der Waals surface area (Å²) in [6.07, 6.45) is 6.39. The van der Waals surface area contributed by atoms with E-state index in [-0.39, 0.29) is 23.7 Å². The van der Waals surface area contributed by atoms with Gasteiger partial charge in [-0.05, 0) is 61.8 Å². The third kappa shape index (κ3) is 4.83. The molecular weight excluding hydrogens is 352 g/mol. The summed E-state index contributed by atoms with van der Waals surface area (Å²) < 4.78 is 5.25. The Labute approximate surface area is 166 Å². The standard InChI is InChI=1S/C23H30N2O3/c1-3-16-7-5-8-17(4-2)21(16)25-23(27)19-12-10-18(11-13-19)22(26)24-15-20-9-6-14-28-20/h5-9,14,18-19H,3-4,10-13,15H2,1-2H3,(H,24,26)(H,25,27). The maximum atomic E-state index is 12.8. The van der Waals surface area contributed by atoms with Gasteiger partial charge in [-0.2, -0.15) is 0 Å². The predicted octanol–water partition coefficient (Wildman–Crippen LogP) is 4.47. The lowest BCUT2D eigenvalue weighted by atomic mass is 9.81. The van der Waals surface area contributed by atoms with Crippen LogP contribution >= 0.6 is 0 Å². The van der Waals surface area contributed by atoms with Gasteiger partial charge in [0.05, 0.1) is 12.8 Å². The van der Waals surface area contributed by atoms with E-state index in [2.05, 4.69) is 42.7 Å². The first-order chi connectivity index (χ1) is 13.6. The number of carbonyl (C=O) groups is 2. The van der Waals surface area contributed by atoms with Crippen LogP contribution in [0, 0.1) is 11.8 Å². The molecule has 1 aromatic carbocycles. The molecule has 0 atom stereocenters. The molecule has 5 nitrogen and oxygen atoms in total. The summed E-state index contributed by atoms with van der Waals surface area (Å²) in [6, 6.07) is 9.87. The van der Waals surface area contributed by atoms with Gasteiger partial charge in [0.15, 0.2) is 0 Å². The maximum absolute atomic E-state index is 12.8. The third-order valence-corrected chi connectivity index (χ3v) is 5.73. The molecule has 2 N–H and O–H groups in total. The minimum absolute atomic E-state index is 0.0202. The lowest BCUT2D eigenvalue weighted by Gasteiger charge is -2.27. The fraction of sp³-hybridized carbons (Fsp3) is 0.478. The van der Waals surface area contributed by atoms with E-state index in [0.717, 1.165) is 50.0 Å². The molecule has 28 heavy (non-hydrogen) atoms. The lowest BCUT2D eigenvalue weighted by Crippen LogP contribution is -2.35. The minimum atomic E-state index is -0.0243. The van der Waals surface area contributed by atoms with E-state index in [1.807, 2.05) is 12.1 Å². The predicted molar refractivity (Wildman–Crippen MR) is 110 cm³/mol. The van der Waals surface area contributed by atoms with Crippen LogP contribution in [0.15, 0.2) is 41.0 Å². The van der Waals surface area contributed by atoms with Gasteiger partial charge in [0.2, 0.25) is 11.8 Å². The summed E-state index contributed by atoms with van der Waals surface area (Å²) in [5, 5.41) is 6.12. The van der Waals surface area contributed by atoms with Crippen molar-refractivity contribution in [2.45, 2.75) is 58.9 Å². The van der Waals surface area contributed by atoms with Crippen molar-refractivity contribution in [1.82, 2.24) is 5.32 Å². The Morgan fingerprint density at radius 2 is 1.54 bits per heavy atom. The molecule has 1 heterocycles. The molecule has 150 valence electrons. The summed E-state index contributed by atoms with van der Waals surface area (Å²) >= 11 is 0. The Morgan fingerprint density at radius 3 is 2.07 bits per heavy atom. The molecule has 0 radical (unpaired) electrons. The maximum Gasteiger partial charge on any atom is 0.227 e. The van der Waals surface area contributed by atoms with E-state index in [1.54, 1.807) is 6.26 Å². The number of nitrogens with one attached hydrogen (secondary N) is 2. The zero-order valence-corrected chi connectivity index (χ0v) is 16.8. The molecule has 1 aliphatic carbocycles. The zero-order chi connectivity index (χ0) is 19.9. The molecule has 0 spiro atoms. The van der Waals surface area contributed by atoms with E-state index < -0.39 is 0 Å². The number of hydrogen-bond donors (Lipinski definition) is 2. The van der Waals surface area contributed by atoms with Crippen LogP contribution in [0.5, 0.6) is 0 Å². The van der Waals surface area contributed by atoms with Crippen LogP contribution in [0.25, 0.3) is 0 Å². The molecule has 1 fully saturated rings. The molecule has 1 saturated carbocycles. The highest BCUT2D eigenvalue weighted by Crippen LogP contribution is 2.31. The SMILES string of the molecule is CCc1cccc(CC)c1NC(=O)C1CCC(C(=O)NCc2ccco2)CC1. The van der Waals surface area contributed by atoms with Crippen molar-refractivity contribution in [1.29, 1.82) is 0 Å². The zero-order valence-electron chi connectivity index (χ0n) is 16.8. The Balaban J connectivity index is 1.52. The molecular formula is C23H30N2O3. The van der Waals surface area contributed by atoms with E-state index in [0.29, 0.717) is 6.54 Å². The lowest BCUT2D eigenvalue weighted by molar-refractivity contribution is -0.128. The van der Waals surface area contributed by atoms with Gasteiger partial charge >= 0.3 is 0 Å². The van der Waals surface area contributed by atoms with Crippen LogP contribution in [0.1, 0.15) is 56.4 Å². The van der Waals surface area contributed by atoms with Crippen LogP contribution in [0.2, 0.25) is 0 Å². The van der Waals surface area contributed by atoms with Crippen molar-refractivity contribution < 1.29 is 14.0 Å². The number of anilines is 1. The number of para-hydroxylation sites is 1. The topological polar surface area (TPSA) is 71.3 Å². The van der Waals surface area contributed by atoms with Gasteiger partial charge < -0.3 is 15.1 Å². The van der Waals surface area contributed by atoms with Crippen molar-refractivity contribution in [3.8, 4) is 0 Å².